The van der Waals surface area contributed by atoms with Crippen molar-refractivity contribution in [1.29, 1.82) is 0 Å². The van der Waals surface area contributed by atoms with Crippen LogP contribution in [0.5, 0.6) is 5.75 Å². The van der Waals surface area contributed by atoms with Crippen LogP contribution in [0.1, 0.15) is 45.8 Å². The summed E-state index contributed by atoms with van der Waals surface area (Å²) in [6.45, 7) is 10.5. The summed E-state index contributed by atoms with van der Waals surface area (Å²) in [6, 6.07) is 8.15. The fourth-order valence-corrected chi connectivity index (χ4v) is 2.34. The van der Waals surface area contributed by atoms with Crippen molar-refractivity contribution in [2.24, 2.45) is 5.92 Å². The van der Waals surface area contributed by atoms with E-state index in [1.807, 2.05) is 12.1 Å². The minimum atomic E-state index is 0.0922. The quantitative estimate of drug-likeness (QED) is 0.746. The van der Waals surface area contributed by atoms with Crippen LogP contribution in [0.2, 0.25) is 0 Å². The summed E-state index contributed by atoms with van der Waals surface area (Å²) in [4.78, 5) is 0. The van der Waals surface area contributed by atoms with Crippen molar-refractivity contribution in [2.75, 3.05) is 20.2 Å². The predicted octanol–water partition coefficient (Wildman–Crippen LogP) is 3.80. The van der Waals surface area contributed by atoms with Crippen LogP contribution in [0.4, 0.5) is 0 Å². The Labute approximate surface area is 123 Å². The Morgan fingerprint density at radius 3 is 2.25 bits per heavy atom. The van der Waals surface area contributed by atoms with Gasteiger partial charge in [-0.05, 0) is 43.5 Å². The molecule has 0 spiro atoms. The van der Waals surface area contributed by atoms with Gasteiger partial charge >= 0.3 is 0 Å². The third kappa shape index (κ3) is 5.93. The molecule has 0 saturated carbocycles. The Morgan fingerprint density at radius 2 is 1.75 bits per heavy atom. The van der Waals surface area contributed by atoms with Gasteiger partial charge < -0.3 is 14.8 Å². The second-order valence-electron chi connectivity index (χ2n) is 5.65. The van der Waals surface area contributed by atoms with Crippen LogP contribution < -0.4 is 10.1 Å². The van der Waals surface area contributed by atoms with Crippen LogP contribution >= 0.6 is 0 Å². The van der Waals surface area contributed by atoms with Crippen LogP contribution in [-0.4, -0.2) is 26.3 Å². The van der Waals surface area contributed by atoms with E-state index in [0.29, 0.717) is 5.92 Å². The molecular weight excluding hydrogens is 250 g/mol. The Morgan fingerprint density at radius 1 is 1.10 bits per heavy atom. The summed E-state index contributed by atoms with van der Waals surface area (Å²) in [7, 11) is 1.69. The van der Waals surface area contributed by atoms with Crippen molar-refractivity contribution >= 4 is 0 Å². The first-order valence-electron chi connectivity index (χ1n) is 7.56. The van der Waals surface area contributed by atoms with E-state index >= 15 is 0 Å². The highest BCUT2D eigenvalue weighted by atomic mass is 16.5. The van der Waals surface area contributed by atoms with Crippen LogP contribution in [0.25, 0.3) is 0 Å². The molecule has 1 N–H and O–H groups in total. The summed E-state index contributed by atoms with van der Waals surface area (Å²) in [6.07, 6.45) is 1.44. The number of ether oxygens (including phenoxy) is 2. The summed E-state index contributed by atoms with van der Waals surface area (Å²) < 4.78 is 11.4. The van der Waals surface area contributed by atoms with Crippen molar-refractivity contribution in [3.63, 3.8) is 0 Å². The summed E-state index contributed by atoms with van der Waals surface area (Å²) in [5.41, 5.74) is 1.20. The van der Waals surface area contributed by atoms with Gasteiger partial charge in [-0.1, -0.05) is 32.9 Å². The van der Waals surface area contributed by atoms with Crippen molar-refractivity contribution < 1.29 is 9.47 Å². The zero-order valence-electron chi connectivity index (χ0n) is 13.5. The number of benzene rings is 1. The molecule has 0 aliphatic rings. The highest BCUT2D eigenvalue weighted by molar-refractivity contribution is 5.28. The molecule has 0 amide bonds. The van der Waals surface area contributed by atoms with Crippen LogP contribution in [-0.2, 0) is 4.74 Å². The molecular formula is C17H29NO2. The Hall–Kier alpha value is -1.06. The zero-order chi connectivity index (χ0) is 15.0. The summed E-state index contributed by atoms with van der Waals surface area (Å²) >= 11 is 0. The SMILES string of the molecule is CCNCC(OC(C)CC(C)C)c1ccc(OC)cc1. The fraction of sp³-hybridized carbons (Fsp3) is 0.647. The second kappa shape index (κ2) is 8.98. The lowest BCUT2D eigenvalue weighted by Gasteiger charge is -2.24. The second-order valence-corrected chi connectivity index (χ2v) is 5.65. The molecule has 2 atom stereocenters. The molecule has 1 aromatic carbocycles. The standard InChI is InChI=1S/C17H29NO2/c1-6-18-12-17(20-14(4)11-13(2)3)15-7-9-16(19-5)10-8-15/h7-10,13-14,17-18H,6,11-12H2,1-5H3. The molecule has 20 heavy (non-hydrogen) atoms. The maximum absolute atomic E-state index is 6.22. The van der Waals surface area contributed by atoms with Gasteiger partial charge in [-0.15, -0.1) is 0 Å². The van der Waals surface area contributed by atoms with Crippen LogP contribution in [0, 0.1) is 5.92 Å². The van der Waals surface area contributed by atoms with Gasteiger partial charge in [0.15, 0.2) is 0 Å². The average Bonchev–Trinajstić information content (AvgIpc) is 2.42. The van der Waals surface area contributed by atoms with E-state index in [4.69, 9.17) is 9.47 Å². The first-order chi connectivity index (χ1) is 9.56. The maximum atomic E-state index is 6.22. The number of methoxy groups -OCH3 is 1. The van der Waals surface area contributed by atoms with Crippen LogP contribution in [0.3, 0.4) is 0 Å². The molecule has 0 radical (unpaired) electrons. The van der Waals surface area contributed by atoms with E-state index in [1.54, 1.807) is 7.11 Å². The zero-order valence-corrected chi connectivity index (χ0v) is 13.5. The molecule has 0 heterocycles. The van der Waals surface area contributed by atoms with Gasteiger partial charge in [-0.2, -0.15) is 0 Å². The minimum Gasteiger partial charge on any atom is -0.497 e. The van der Waals surface area contributed by atoms with Gasteiger partial charge in [0.05, 0.1) is 19.3 Å². The normalized spacial score (nSPS) is 14.3. The number of rotatable bonds is 9. The minimum absolute atomic E-state index is 0.0922. The van der Waals surface area contributed by atoms with E-state index in [-0.39, 0.29) is 12.2 Å². The molecule has 0 aliphatic heterocycles. The Balaban J connectivity index is 2.71. The van der Waals surface area contributed by atoms with Gasteiger partial charge in [-0.3, -0.25) is 0 Å². The van der Waals surface area contributed by atoms with Gasteiger partial charge in [-0.25, -0.2) is 0 Å². The number of likely N-dealkylation sites (N-methyl/N-ethyl adjacent to an activating group) is 1. The van der Waals surface area contributed by atoms with E-state index in [1.165, 1.54) is 5.56 Å². The van der Waals surface area contributed by atoms with Crippen molar-refractivity contribution in [2.45, 2.75) is 46.3 Å². The number of nitrogens with one attached hydrogen (secondary N) is 1. The van der Waals surface area contributed by atoms with Crippen molar-refractivity contribution in [1.82, 2.24) is 5.32 Å². The largest absolute Gasteiger partial charge is 0.497 e. The van der Waals surface area contributed by atoms with Crippen molar-refractivity contribution in [3.8, 4) is 5.75 Å². The maximum Gasteiger partial charge on any atom is 0.118 e. The average molecular weight is 279 g/mol. The molecule has 1 rings (SSSR count). The first-order valence-corrected chi connectivity index (χ1v) is 7.56. The molecule has 0 fully saturated rings. The predicted molar refractivity (Wildman–Crippen MR) is 84.3 cm³/mol. The molecule has 0 bridgehead atoms. The van der Waals surface area contributed by atoms with E-state index in [0.717, 1.165) is 25.3 Å². The lowest BCUT2D eigenvalue weighted by atomic mass is 10.1. The third-order valence-electron chi connectivity index (χ3n) is 3.27. The highest BCUT2D eigenvalue weighted by Crippen LogP contribution is 2.23. The molecule has 0 aliphatic carbocycles. The fourth-order valence-electron chi connectivity index (χ4n) is 2.34. The van der Waals surface area contributed by atoms with Crippen molar-refractivity contribution in [3.05, 3.63) is 29.8 Å². The Kier molecular flexibility index (Phi) is 7.63. The van der Waals surface area contributed by atoms with Gasteiger partial charge in [0.25, 0.3) is 0 Å². The molecule has 2 unspecified atom stereocenters. The van der Waals surface area contributed by atoms with E-state index < -0.39 is 0 Å². The summed E-state index contributed by atoms with van der Waals surface area (Å²) in [5, 5.41) is 3.38. The molecule has 0 saturated heterocycles. The molecule has 0 aromatic heterocycles. The van der Waals surface area contributed by atoms with Gasteiger partial charge in [0.2, 0.25) is 0 Å². The lowest BCUT2D eigenvalue weighted by Crippen LogP contribution is -2.26. The smallest absolute Gasteiger partial charge is 0.118 e. The highest BCUT2D eigenvalue weighted by Gasteiger charge is 2.16. The molecule has 3 heteroatoms. The topological polar surface area (TPSA) is 30.5 Å². The molecule has 3 nitrogen and oxygen atoms in total. The van der Waals surface area contributed by atoms with E-state index in [2.05, 4.69) is 45.1 Å². The van der Waals surface area contributed by atoms with Gasteiger partial charge in [0, 0.05) is 6.54 Å². The molecule has 1 aromatic rings. The van der Waals surface area contributed by atoms with Gasteiger partial charge in [0.1, 0.15) is 5.75 Å². The lowest BCUT2D eigenvalue weighted by molar-refractivity contribution is -0.0124. The number of hydrogen-bond donors (Lipinski definition) is 1. The van der Waals surface area contributed by atoms with Crippen LogP contribution in [0.15, 0.2) is 24.3 Å². The number of hydrogen-bond acceptors (Lipinski definition) is 3. The first kappa shape index (κ1) is 17.0. The molecule has 114 valence electrons. The third-order valence-corrected chi connectivity index (χ3v) is 3.27. The summed E-state index contributed by atoms with van der Waals surface area (Å²) in [5.74, 6) is 1.53. The van der Waals surface area contributed by atoms with E-state index in [9.17, 15) is 0 Å². The Bertz CT molecular complexity index is 362. The monoisotopic (exact) mass is 279 g/mol.